The Balaban J connectivity index is 2.10. The fourth-order valence-corrected chi connectivity index (χ4v) is 1.46. The highest BCUT2D eigenvalue weighted by molar-refractivity contribution is 5.99. The number of anilines is 1. The van der Waals surface area contributed by atoms with Gasteiger partial charge in [0.25, 0.3) is 5.69 Å². The summed E-state index contributed by atoms with van der Waals surface area (Å²) in [6.45, 7) is 1.82. The van der Waals surface area contributed by atoms with Crippen molar-refractivity contribution >= 4 is 17.2 Å². The van der Waals surface area contributed by atoms with Gasteiger partial charge < -0.3 is 0 Å². The summed E-state index contributed by atoms with van der Waals surface area (Å²) in [5, 5.41) is 14.7. The number of hydrazone groups is 1. The maximum absolute atomic E-state index is 10.5. The normalized spacial score (nSPS) is 11.1. The van der Waals surface area contributed by atoms with Crippen LogP contribution in [0.1, 0.15) is 12.5 Å². The smallest absolute Gasteiger partial charge is 0.261 e. The van der Waals surface area contributed by atoms with Crippen LogP contribution in [0.25, 0.3) is 0 Å². The van der Waals surface area contributed by atoms with Crippen LogP contribution in [0.3, 0.4) is 0 Å². The van der Waals surface area contributed by atoms with Gasteiger partial charge in [-0.3, -0.25) is 15.5 Å². The molecule has 2 rings (SSSR count). The number of non-ortho nitro benzene ring substituents is 1. The van der Waals surface area contributed by atoms with Crippen molar-refractivity contribution in [2.45, 2.75) is 6.92 Å². The van der Waals surface area contributed by atoms with Gasteiger partial charge in [-0.1, -0.05) is 6.07 Å². The van der Waals surface area contributed by atoms with Crippen molar-refractivity contribution < 1.29 is 4.92 Å². The third-order valence-corrected chi connectivity index (χ3v) is 2.50. The first-order valence-corrected chi connectivity index (χ1v) is 5.63. The van der Waals surface area contributed by atoms with Crippen molar-refractivity contribution in [1.82, 2.24) is 4.98 Å². The molecule has 6 heteroatoms. The van der Waals surface area contributed by atoms with Gasteiger partial charge >= 0.3 is 0 Å². The summed E-state index contributed by atoms with van der Waals surface area (Å²) in [6, 6.07) is 11.7. The summed E-state index contributed by atoms with van der Waals surface area (Å²) < 4.78 is 0. The van der Waals surface area contributed by atoms with Gasteiger partial charge in [0.1, 0.15) is 5.82 Å². The SMILES string of the molecule is C/C(=N/Nc1ccccn1)c1ccc([N+](=O)[O-])cc1. The first-order valence-electron chi connectivity index (χ1n) is 5.63. The number of benzene rings is 1. The molecule has 0 unspecified atom stereocenters. The molecule has 96 valence electrons. The summed E-state index contributed by atoms with van der Waals surface area (Å²) in [5.41, 5.74) is 4.42. The number of rotatable bonds is 4. The molecule has 0 aliphatic carbocycles. The van der Waals surface area contributed by atoms with Gasteiger partial charge in [0.2, 0.25) is 0 Å². The zero-order chi connectivity index (χ0) is 13.7. The molecule has 1 N–H and O–H groups in total. The molecule has 2 aromatic rings. The number of hydrogen-bond donors (Lipinski definition) is 1. The van der Waals surface area contributed by atoms with Gasteiger partial charge in [-0.2, -0.15) is 5.10 Å². The molecule has 0 radical (unpaired) electrons. The van der Waals surface area contributed by atoms with E-state index in [2.05, 4.69) is 15.5 Å². The van der Waals surface area contributed by atoms with E-state index in [1.807, 2.05) is 19.1 Å². The zero-order valence-corrected chi connectivity index (χ0v) is 10.3. The quantitative estimate of drug-likeness (QED) is 0.518. The Morgan fingerprint density at radius 2 is 2.00 bits per heavy atom. The van der Waals surface area contributed by atoms with E-state index in [0.29, 0.717) is 5.82 Å². The number of nitro benzene ring substituents is 1. The molecule has 1 aromatic carbocycles. The average Bonchev–Trinajstić information content (AvgIpc) is 2.46. The fourth-order valence-electron chi connectivity index (χ4n) is 1.46. The Kier molecular flexibility index (Phi) is 3.82. The lowest BCUT2D eigenvalue weighted by atomic mass is 10.1. The van der Waals surface area contributed by atoms with Crippen molar-refractivity contribution in [2.75, 3.05) is 5.43 Å². The number of aromatic nitrogens is 1. The number of nitrogens with zero attached hydrogens (tertiary/aromatic N) is 3. The molecule has 0 atom stereocenters. The van der Waals surface area contributed by atoms with Crippen molar-refractivity contribution in [3.05, 3.63) is 64.3 Å². The van der Waals surface area contributed by atoms with E-state index in [-0.39, 0.29) is 5.69 Å². The Morgan fingerprint density at radius 1 is 1.26 bits per heavy atom. The third-order valence-electron chi connectivity index (χ3n) is 2.50. The maximum atomic E-state index is 10.5. The van der Waals surface area contributed by atoms with Gasteiger partial charge in [0.15, 0.2) is 0 Å². The van der Waals surface area contributed by atoms with Crippen LogP contribution in [-0.2, 0) is 0 Å². The van der Waals surface area contributed by atoms with Gasteiger partial charge in [0, 0.05) is 18.3 Å². The van der Waals surface area contributed by atoms with Crippen LogP contribution in [-0.4, -0.2) is 15.6 Å². The minimum atomic E-state index is -0.428. The monoisotopic (exact) mass is 256 g/mol. The van der Waals surface area contributed by atoms with E-state index in [0.717, 1.165) is 11.3 Å². The molecule has 19 heavy (non-hydrogen) atoms. The molecular formula is C13H12N4O2. The van der Waals surface area contributed by atoms with Crippen LogP contribution in [0.15, 0.2) is 53.8 Å². The predicted molar refractivity (Wildman–Crippen MR) is 73.2 cm³/mol. The lowest BCUT2D eigenvalue weighted by Gasteiger charge is -2.02. The molecule has 0 bridgehead atoms. The van der Waals surface area contributed by atoms with E-state index in [1.165, 1.54) is 12.1 Å². The second kappa shape index (κ2) is 5.72. The number of hydrogen-bond acceptors (Lipinski definition) is 5. The highest BCUT2D eigenvalue weighted by Gasteiger charge is 2.05. The lowest BCUT2D eigenvalue weighted by Crippen LogP contribution is -2.00. The molecule has 0 saturated carbocycles. The maximum Gasteiger partial charge on any atom is 0.269 e. The molecule has 0 aliphatic rings. The van der Waals surface area contributed by atoms with Gasteiger partial charge in [0.05, 0.1) is 10.6 Å². The molecule has 0 saturated heterocycles. The average molecular weight is 256 g/mol. The standard InChI is InChI=1S/C13H12N4O2/c1-10(15-16-13-4-2-3-9-14-13)11-5-7-12(8-6-11)17(18)19/h2-9H,1H3,(H,14,16)/b15-10-. The highest BCUT2D eigenvalue weighted by Crippen LogP contribution is 2.12. The van der Waals surface area contributed by atoms with E-state index in [9.17, 15) is 10.1 Å². The van der Waals surface area contributed by atoms with E-state index in [1.54, 1.807) is 24.4 Å². The topological polar surface area (TPSA) is 80.4 Å². The Hall–Kier alpha value is -2.76. The predicted octanol–water partition coefficient (Wildman–Crippen LogP) is 2.83. The molecular weight excluding hydrogens is 244 g/mol. The highest BCUT2D eigenvalue weighted by atomic mass is 16.6. The zero-order valence-electron chi connectivity index (χ0n) is 10.3. The van der Waals surface area contributed by atoms with Crippen molar-refractivity contribution in [2.24, 2.45) is 5.10 Å². The number of nitro groups is 1. The molecule has 0 amide bonds. The minimum Gasteiger partial charge on any atom is -0.261 e. The minimum absolute atomic E-state index is 0.0641. The largest absolute Gasteiger partial charge is 0.269 e. The third kappa shape index (κ3) is 3.35. The molecule has 6 nitrogen and oxygen atoms in total. The second-order valence-electron chi connectivity index (χ2n) is 3.83. The van der Waals surface area contributed by atoms with E-state index >= 15 is 0 Å². The van der Waals surface area contributed by atoms with Crippen molar-refractivity contribution in [3.8, 4) is 0 Å². The molecule has 1 heterocycles. The Morgan fingerprint density at radius 3 is 2.58 bits per heavy atom. The fraction of sp³-hybridized carbons (Fsp3) is 0.0769. The summed E-state index contributed by atoms with van der Waals surface area (Å²) >= 11 is 0. The summed E-state index contributed by atoms with van der Waals surface area (Å²) in [4.78, 5) is 14.2. The van der Waals surface area contributed by atoms with Crippen LogP contribution < -0.4 is 5.43 Å². The molecule has 0 fully saturated rings. The van der Waals surface area contributed by atoms with E-state index in [4.69, 9.17) is 0 Å². The first-order chi connectivity index (χ1) is 9.16. The van der Waals surface area contributed by atoms with Crippen LogP contribution in [0.5, 0.6) is 0 Å². The molecule has 0 aliphatic heterocycles. The lowest BCUT2D eigenvalue weighted by molar-refractivity contribution is -0.384. The first kappa shape index (κ1) is 12.7. The summed E-state index contributed by atoms with van der Waals surface area (Å²) in [5.74, 6) is 0.642. The number of pyridine rings is 1. The van der Waals surface area contributed by atoms with Crippen LogP contribution in [0.4, 0.5) is 11.5 Å². The van der Waals surface area contributed by atoms with Gasteiger partial charge in [-0.15, -0.1) is 0 Å². The van der Waals surface area contributed by atoms with Gasteiger partial charge in [-0.05, 0) is 36.8 Å². The van der Waals surface area contributed by atoms with Crippen LogP contribution >= 0.6 is 0 Å². The molecule has 0 spiro atoms. The van der Waals surface area contributed by atoms with E-state index < -0.39 is 4.92 Å². The Bertz CT molecular complexity index is 594. The number of nitrogens with one attached hydrogen (secondary N) is 1. The molecule has 1 aromatic heterocycles. The Labute approximate surface area is 110 Å². The van der Waals surface area contributed by atoms with Crippen LogP contribution in [0, 0.1) is 10.1 Å². The summed E-state index contributed by atoms with van der Waals surface area (Å²) in [6.07, 6.45) is 1.67. The van der Waals surface area contributed by atoms with Gasteiger partial charge in [-0.25, -0.2) is 4.98 Å². The van der Waals surface area contributed by atoms with Crippen LogP contribution in [0.2, 0.25) is 0 Å². The van der Waals surface area contributed by atoms with Crippen molar-refractivity contribution in [3.63, 3.8) is 0 Å². The summed E-state index contributed by atoms with van der Waals surface area (Å²) in [7, 11) is 0. The second-order valence-corrected chi connectivity index (χ2v) is 3.83. The van der Waals surface area contributed by atoms with Crippen molar-refractivity contribution in [1.29, 1.82) is 0 Å².